The monoisotopic (exact) mass is 288 g/mol. The average Bonchev–Trinajstić information content (AvgIpc) is 2.75. The van der Waals surface area contributed by atoms with Crippen LogP contribution in [0.3, 0.4) is 0 Å². The molecule has 1 N–H and O–H groups in total. The molecule has 0 amide bonds. The highest BCUT2D eigenvalue weighted by atomic mass is 15.2. The van der Waals surface area contributed by atoms with Crippen molar-refractivity contribution < 1.29 is 0 Å². The molecule has 2 heteroatoms. The van der Waals surface area contributed by atoms with E-state index in [1.165, 1.54) is 30.5 Å². The lowest BCUT2D eigenvalue weighted by Gasteiger charge is -2.32. The first kappa shape index (κ1) is 16.5. The average molecular weight is 288 g/mol. The number of benzene rings is 1. The van der Waals surface area contributed by atoms with Crippen LogP contribution in [0.5, 0.6) is 0 Å². The first-order valence-electron chi connectivity index (χ1n) is 8.51. The Morgan fingerprint density at radius 2 is 1.90 bits per heavy atom. The van der Waals surface area contributed by atoms with Crippen LogP contribution in [0.15, 0.2) is 24.3 Å². The second kappa shape index (κ2) is 7.42. The second-order valence-corrected chi connectivity index (χ2v) is 7.45. The molecule has 2 rings (SSSR count). The Labute approximate surface area is 130 Å². The van der Waals surface area contributed by atoms with Crippen LogP contribution in [-0.2, 0) is 13.0 Å². The lowest BCUT2D eigenvalue weighted by atomic mass is 9.99. The second-order valence-electron chi connectivity index (χ2n) is 7.45. The normalized spacial score (nSPS) is 18.5. The first-order chi connectivity index (χ1) is 9.99. The van der Waals surface area contributed by atoms with Gasteiger partial charge >= 0.3 is 0 Å². The molecule has 0 radical (unpaired) electrons. The topological polar surface area (TPSA) is 15.3 Å². The van der Waals surface area contributed by atoms with Gasteiger partial charge in [-0.2, -0.15) is 0 Å². The number of rotatable bonds is 7. The quantitative estimate of drug-likeness (QED) is 0.767. The van der Waals surface area contributed by atoms with Crippen molar-refractivity contribution in [2.24, 2.45) is 5.92 Å². The summed E-state index contributed by atoms with van der Waals surface area (Å²) in [5.41, 5.74) is 3.39. The van der Waals surface area contributed by atoms with Gasteiger partial charge in [0, 0.05) is 12.1 Å². The van der Waals surface area contributed by atoms with Gasteiger partial charge in [0.2, 0.25) is 0 Å². The molecule has 0 aromatic heterocycles. The molecule has 0 unspecified atom stereocenters. The summed E-state index contributed by atoms with van der Waals surface area (Å²) in [6.07, 6.45) is 3.80. The van der Waals surface area contributed by atoms with E-state index >= 15 is 0 Å². The Kier molecular flexibility index (Phi) is 5.83. The molecular formula is C19H32N2. The predicted molar refractivity (Wildman–Crippen MR) is 91.6 cm³/mol. The molecule has 0 atom stereocenters. The maximum Gasteiger partial charge on any atom is 0.0241 e. The van der Waals surface area contributed by atoms with Crippen molar-refractivity contribution in [1.29, 1.82) is 0 Å². The summed E-state index contributed by atoms with van der Waals surface area (Å²) in [6.45, 7) is 13.8. The van der Waals surface area contributed by atoms with Gasteiger partial charge in [-0.25, -0.2) is 0 Å². The standard InChI is InChI=1S/C19H32N2/c1-16(2)14-20-12-10-17-8-5-6-9-18(17)15-21-13-7-11-19(21,3)4/h5-6,8-9,16,20H,7,10-15H2,1-4H3. The Hall–Kier alpha value is -0.860. The predicted octanol–water partition coefficient (Wildman–Crippen LogP) is 3.85. The van der Waals surface area contributed by atoms with Gasteiger partial charge in [0.25, 0.3) is 0 Å². The summed E-state index contributed by atoms with van der Waals surface area (Å²) >= 11 is 0. The lowest BCUT2D eigenvalue weighted by Crippen LogP contribution is -2.37. The summed E-state index contributed by atoms with van der Waals surface area (Å²) in [4.78, 5) is 2.65. The van der Waals surface area contributed by atoms with E-state index in [0.29, 0.717) is 5.54 Å². The molecule has 2 nitrogen and oxygen atoms in total. The molecule has 1 saturated heterocycles. The molecule has 1 aliphatic heterocycles. The summed E-state index contributed by atoms with van der Waals surface area (Å²) < 4.78 is 0. The van der Waals surface area contributed by atoms with Crippen molar-refractivity contribution in [2.75, 3.05) is 19.6 Å². The molecule has 0 saturated carbocycles. The van der Waals surface area contributed by atoms with Crippen molar-refractivity contribution in [1.82, 2.24) is 10.2 Å². The molecule has 1 fully saturated rings. The summed E-state index contributed by atoms with van der Waals surface area (Å²) in [5.74, 6) is 0.727. The van der Waals surface area contributed by atoms with E-state index in [2.05, 4.69) is 62.2 Å². The number of hydrogen-bond acceptors (Lipinski definition) is 2. The Morgan fingerprint density at radius 1 is 1.19 bits per heavy atom. The fourth-order valence-corrected chi connectivity index (χ4v) is 3.23. The third-order valence-corrected chi connectivity index (χ3v) is 4.68. The van der Waals surface area contributed by atoms with Crippen LogP contribution in [-0.4, -0.2) is 30.1 Å². The highest BCUT2D eigenvalue weighted by molar-refractivity contribution is 5.27. The number of likely N-dealkylation sites (tertiary alicyclic amines) is 1. The Balaban J connectivity index is 1.93. The van der Waals surface area contributed by atoms with Gasteiger partial charge < -0.3 is 5.32 Å². The summed E-state index contributed by atoms with van der Waals surface area (Å²) in [5, 5.41) is 3.56. The summed E-state index contributed by atoms with van der Waals surface area (Å²) in [7, 11) is 0. The molecule has 1 aromatic rings. The van der Waals surface area contributed by atoms with Crippen LogP contribution >= 0.6 is 0 Å². The van der Waals surface area contributed by atoms with Crippen molar-refractivity contribution in [3.63, 3.8) is 0 Å². The highest BCUT2D eigenvalue weighted by Gasteiger charge is 2.31. The molecule has 118 valence electrons. The first-order valence-corrected chi connectivity index (χ1v) is 8.51. The van der Waals surface area contributed by atoms with Crippen LogP contribution in [0.25, 0.3) is 0 Å². The minimum absolute atomic E-state index is 0.364. The van der Waals surface area contributed by atoms with E-state index in [1.54, 1.807) is 0 Å². The molecule has 0 spiro atoms. The minimum atomic E-state index is 0.364. The zero-order valence-corrected chi connectivity index (χ0v) is 14.3. The van der Waals surface area contributed by atoms with Crippen LogP contribution in [0.1, 0.15) is 51.7 Å². The molecule has 0 aliphatic carbocycles. The van der Waals surface area contributed by atoms with Gasteiger partial charge in [-0.05, 0) is 69.8 Å². The van der Waals surface area contributed by atoms with E-state index in [1.807, 2.05) is 0 Å². The largest absolute Gasteiger partial charge is 0.316 e. The van der Waals surface area contributed by atoms with E-state index in [0.717, 1.165) is 32.0 Å². The SMILES string of the molecule is CC(C)CNCCc1ccccc1CN1CCCC1(C)C. The van der Waals surface area contributed by atoms with Crippen molar-refractivity contribution in [3.05, 3.63) is 35.4 Å². The van der Waals surface area contributed by atoms with Gasteiger partial charge in [-0.1, -0.05) is 38.1 Å². The third kappa shape index (κ3) is 4.82. The zero-order chi connectivity index (χ0) is 15.3. The van der Waals surface area contributed by atoms with Crippen molar-refractivity contribution in [2.45, 2.75) is 59.0 Å². The highest BCUT2D eigenvalue weighted by Crippen LogP contribution is 2.30. The van der Waals surface area contributed by atoms with Gasteiger partial charge in [-0.15, -0.1) is 0 Å². The summed E-state index contributed by atoms with van der Waals surface area (Å²) in [6, 6.07) is 8.97. The fraction of sp³-hybridized carbons (Fsp3) is 0.684. The van der Waals surface area contributed by atoms with Gasteiger partial charge in [0.1, 0.15) is 0 Å². The van der Waals surface area contributed by atoms with Crippen LogP contribution in [0.4, 0.5) is 0 Å². The van der Waals surface area contributed by atoms with E-state index < -0.39 is 0 Å². The molecule has 21 heavy (non-hydrogen) atoms. The number of hydrogen-bond donors (Lipinski definition) is 1. The van der Waals surface area contributed by atoms with Crippen LogP contribution in [0, 0.1) is 5.92 Å². The fourth-order valence-electron chi connectivity index (χ4n) is 3.23. The van der Waals surface area contributed by atoms with Crippen molar-refractivity contribution in [3.8, 4) is 0 Å². The Bertz CT molecular complexity index is 437. The van der Waals surface area contributed by atoms with Crippen molar-refractivity contribution >= 4 is 0 Å². The molecule has 0 bridgehead atoms. The number of nitrogens with zero attached hydrogens (tertiary/aromatic N) is 1. The van der Waals surface area contributed by atoms with E-state index in [4.69, 9.17) is 0 Å². The number of nitrogens with one attached hydrogen (secondary N) is 1. The van der Waals surface area contributed by atoms with Crippen LogP contribution in [0.2, 0.25) is 0 Å². The molecule has 1 heterocycles. The molecule has 1 aromatic carbocycles. The lowest BCUT2D eigenvalue weighted by molar-refractivity contribution is 0.166. The Morgan fingerprint density at radius 3 is 2.52 bits per heavy atom. The maximum atomic E-state index is 3.56. The molecular weight excluding hydrogens is 256 g/mol. The van der Waals surface area contributed by atoms with Gasteiger partial charge in [-0.3, -0.25) is 4.90 Å². The zero-order valence-electron chi connectivity index (χ0n) is 14.3. The minimum Gasteiger partial charge on any atom is -0.316 e. The van der Waals surface area contributed by atoms with Gasteiger partial charge in [0.15, 0.2) is 0 Å². The smallest absolute Gasteiger partial charge is 0.0241 e. The maximum absolute atomic E-state index is 3.56. The third-order valence-electron chi connectivity index (χ3n) is 4.68. The van der Waals surface area contributed by atoms with E-state index in [-0.39, 0.29) is 0 Å². The van der Waals surface area contributed by atoms with Gasteiger partial charge in [0.05, 0.1) is 0 Å². The molecule has 1 aliphatic rings. The van der Waals surface area contributed by atoms with E-state index in [9.17, 15) is 0 Å². The van der Waals surface area contributed by atoms with Crippen LogP contribution < -0.4 is 5.32 Å².